The maximum atomic E-state index is 9.59. The number of hydrogen-bond donors (Lipinski definition) is 2. The van der Waals surface area contributed by atoms with Crippen molar-refractivity contribution < 1.29 is 5.11 Å². The average Bonchev–Trinajstić information content (AvgIpc) is 2.17. The molecule has 0 aliphatic rings. The lowest BCUT2D eigenvalue weighted by Gasteiger charge is -2.13. The van der Waals surface area contributed by atoms with Crippen LogP contribution in [0.15, 0.2) is 30.4 Å². The molecule has 1 rings (SSSR count). The molecule has 0 radical (unpaired) electrons. The molecule has 0 aliphatic carbocycles. The Kier molecular flexibility index (Phi) is 5.59. The summed E-state index contributed by atoms with van der Waals surface area (Å²) in [5.74, 6) is 0.128. The molecule has 3 nitrogen and oxygen atoms in total. The first kappa shape index (κ1) is 14.5. The molecule has 0 saturated heterocycles. The number of nitrogens with two attached hydrogens (primary N) is 1. The second-order valence-corrected chi connectivity index (χ2v) is 3.65. The summed E-state index contributed by atoms with van der Waals surface area (Å²) in [7, 11) is 0. The van der Waals surface area contributed by atoms with E-state index in [4.69, 9.17) is 11.0 Å². The monoisotopic (exact) mass is 238 g/mol. The fourth-order valence-corrected chi connectivity index (χ4v) is 1.41. The molecule has 0 aromatic heterocycles. The molecule has 0 fully saturated rings. The lowest BCUT2D eigenvalue weighted by atomic mass is 9.98. The van der Waals surface area contributed by atoms with E-state index in [2.05, 4.69) is 6.58 Å². The third-order valence-corrected chi connectivity index (χ3v) is 2.12. The van der Waals surface area contributed by atoms with Crippen molar-refractivity contribution in [2.45, 2.75) is 19.4 Å². The maximum Gasteiger partial charge on any atom is 0.120 e. The van der Waals surface area contributed by atoms with Crippen molar-refractivity contribution in [2.24, 2.45) is 5.73 Å². The van der Waals surface area contributed by atoms with Gasteiger partial charge in [0, 0.05) is 11.6 Å². The van der Waals surface area contributed by atoms with Crippen molar-refractivity contribution in [1.29, 1.82) is 5.26 Å². The number of nitriles is 1. The Bertz CT molecular complexity index is 424. The number of phenolic OH excluding ortho intramolecular Hbond substituents is 1. The van der Waals surface area contributed by atoms with Crippen LogP contribution in [-0.2, 0) is 0 Å². The molecule has 0 aliphatic heterocycles. The van der Waals surface area contributed by atoms with Crippen molar-refractivity contribution in [3.05, 3.63) is 41.5 Å². The minimum atomic E-state index is -0.309. The lowest BCUT2D eigenvalue weighted by Crippen LogP contribution is -2.10. The average molecular weight is 239 g/mol. The van der Waals surface area contributed by atoms with Gasteiger partial charge in [0.25, 0.3) is 0 Å². The van der Waals surface area contributed by atoms with E-state index < -0.39 is 0 Å². The Hall–Kier alpha value is -1.50. The highest BCUT2D eigenvalue weighted by atomic mass is 35.5. The van der Waals surface area contributed by atoms with Crippen molar-refractivity contribution in [3.63, 3.8) is 0 Å². The Balaban J connectivity index is 0.00000225. The second-order valence-electron chi connectivity index (χ2n) is 3.65. The number of halogens is 1. The molecule has 0 spiro atoms. The van der Waals surface area contributed by atoms with Crippen LogP contribution >= 0.6 is 12.4 Å². The third-order valence-electron chi connectivity index (χ3n) is 2.12. The minimum absolute atomic E-state index is 0. The largest absolute Gasteiger partial charge is 0.508 e. The van der Waals surface area contributed by atoms with Crippen LogP contribution in [-0.4, -0.2) is 5.11 Å². The molecule has 0 amide bonds. The van der Waals surface area contributed by atoms with Crippen molar-refractivity contribution >= 4 is 12.4 Å². The van der Waals surface area contributed by atoms with Crippen LogP contribution < -0.4 is 5.73 Å². The summed E-state index contributed by atoms with van der Waals surface area (Å²) >= 11 is 0. The van der Waals surface area contributed by atoms with Gasteiger partial charge >= 0.3 is 0 Å². The molecular weight excluding hydrogens is 224 g/mol. The zero-order valence-corrected chi connectivity index (χ0v) is 9.92. The van der Waals surface area contributed by atoms with Gasteiger partial charge in [-0.2, -0.15) is 5.26 Å². The first-order valence-corrected chi connectivity index (χ1v) is 4.67. The zero-order valence-electron chi connectivity index (χ0n) is 9.10. The van der Waals surface area contributed by atoms with Crippen LogP contribution in [0.5, 0.6) is 5.75 Å². The fraction of sp³-hybridized carbons (Fsp3) is 0.250. The van der Waals surface area contributed by atoms with Gasteiger partial charge in [-0.25, -0.2) is 0 Å². The molecule has 0 bridgehead atoms. The van der Waals surface area contributed by atoms with Crippen LogP contribution in [0.1, 0.15) is 30.5 Å². The van der Waals surface area contributed by atoms with Crippen molar-refractivity contribution in [2.75, 3.05) is 0 Å². The van der Waals surface area contributed by atoms with Gasteiger partial charge in [-0.15, -0.1) is 19.0 Å². The fourth-order valence-electron chi connectivity index (χ4n) is 1.41. The Labute approximate surface area is 102 Å². The van der Waals surface area contributed by atoms with E-state index >= 15 is 0 Å². The second kappa shape index (κ2) is 6.16. The predicted molar refractivity (Wildman–Crippen MR) is 66.4 cm³/mol. The highest BCUT2D eigenvalue weighted by Crippen LogP contribution is 2.27. The van der Waals surface area contributed by atoms with Crippen molar-refractivity contribution in [3.8, 4) is 11.8 Å². The molecular formula is C12H15ClN2O. The van der Waals surface area contributed by atoms with Gasteiger partial charge in [-0.1, -0.05) is 5.57 Å². The van der Waals surface area contributed by atoms with Crippen LogP contribution in [0.2, 0.25) is 0 Å². The SMILES string of the molecule is C=C(C)C[C@@H](N)c1cc(C#N)ccc1O.Cl. The molecule has 1 aromatic carbocycles. The number of phenols is 1. The summed E-state index contributed by atoms with van der Waals surface area (Å²) < 4.78 is 0. The highest BCUT2D eigenvalue weighted by molar-refractivity contribution is 5.85. The number of hydrogen-bond acceptors (Lipinski definition) is 3. The van der Waals surface area contributed by atoms with Gasteiger partial charge in [0.2, 0.25) is 0 Å². The third kappa shape index (κ3) is 3.58. The quantitative estimate of drug-likeness (QED) is 0.796. The normalized spacial score (nSPS) is 11.1. The summed E-state index contributed by atoms with van der Waals surface area (Å²) in [6.07, 6.45) is 0.600. The molecule has 3 N–H and O–H groups in total. The van der Waals surface area contributed by atoms with Gasteiger partial charge in [0.15, 0.2) is 0 Å². The molecule has 16 heavy (non-hydrogen) atoms. The number of aromatic hydroxyl groups is 1. The van der Waals surface area contributed by atoms with Crippen LogP contribution in [0.3, 0.4) is 0 Å². The van der Waals surface area contributed by atoms with E-state index in [1.54, 1.807) is 12.1 Å². The van der Waals surface area contributed by atoms with Gasteiger partial charge in [-0.05, 0) is 31.5 Å². The maximum absolute atomic E-state index is 9.59. The molecule has 0 heterocycles. The van der Waals surface area contributed by atoms with Crippen LogP contribution in [0, 0.1) is 11.3 Å². The molecule has 4 heteroatoms. The summed E-state index contributed by atoms with van der Waals surface area (Å²) in [6.45, 7) is 5.65. The van der Waals surface area contributed by atoms with Gasteiger partial charge in [0.1, 0.15) is 5.75 Å². The summed E-state index contributed by atoms with van der Waals surface area (Å²) in [5, 5.41) is 18.3. The standard InChI is InChI=1S/C12H14N2O.ClH/c1-8(2)5-11(14)10-6-9(7-13)3-4-12(10)15;/h3-4,6,11,15H,1,5,14H2,2H3;1H/t11-;/m1./s1. The summed E-state index contributed by atoms with van der Waals surface area (Å²) in [4.78, 5) is 0. The zero-order chi connectivity index (χ0) is 11.4. The van der Waals surface area contributed by atoms with Gasteiger partial charge < -0.3 is 10.8 Å². The van der Waals surface area contributed by atoms with Crippen molar-refractivity contribution in [1.82, 2.24) is 0 Å². The van der Waals surface area contributed by atoms with Gasteiger partial charge in [0.05, 0.1) is 11.6 Å². The first-order valence-electron chi connectivity index (χ1n) is 4.67. The van der Waals surface area contributed by atoms with E-state index in [0.29, 0.717) is 17.5 Å². The molecule has 0 unspecified atom stereocenters. The topological polar surface area (TPSA) is 70.0 Å². The molecule has 86 valence electrons. The van der Waals surface area contributed by atoms with E-state index in [1.807, 2.05) is 13.0 Å². The number of rotatable bonds is 3. The Morgan fingerprint density at radius 3 is 2.75 bits per heavy atom. The van der Waals surface area contributed by atoms with E-state index in [0.717, 1.165) is 5.57 Å². The summed E-state index contributed by atoms with van der Waals surface area (Å²) in [6, 6.07) is 6.37. The Morgan fingerprint density at radius 2 is 2.25 bits per heavy atom. The number of nitrogens with zero attached hydrogens (tertiary/aromatic N) is 1. The first-order chi connectivity index (χ1) is 7.04. The lowest BCUT2D eigenvalue weighted by molar-refractivity contribution is 0.461. The smallest absolute Gasteiger partial charge is 0.120 e. The van der Waals surface area contributed by atoms with E-state index in [9.17, 15) is 5.11 Å². The highest BCUT2D eigenvalue weighted by Gasteiger charge is 2.11. The molecule has 1 aromatic rings. The van der Waals surface area contributed by atoms with Crippen LogP contribution in [0.4, 0.5) is 0 Å². The minimum Gasteiger partial charge on any atom is -0.508 e. The van der Waals surface area contributed by atoms with E-state index in [-0.39, 0.29) is 24.2 Å². The number of benzene rings is 1. The van der Waals surface area contributed by atoms with E-state index in [1.165, 1.54) is 6.07 Å². The molecule has 0 saturated carbocycles. The summed E-state index contributed by atoms with van der Waals surface area (Å²) in [5.41, 5.74) is 7.93. The Morgan fingerprint density at radius 1 is 1.62 bits per heavy atom. The predicted octanol–water partition coefficient (Wildman–Crippen LogP) is 2.65. The molecule has 1 atom stereocenters. The van der Waals surface area contributed by atoms with Crippen LogP contribution in [0.25, 0.3) is 0 Å². The van der Waals surface area contributed by atoms with Gasteiger partial charge in [-0.3, -0.25) is 0 Å².